The minimum absolute atomic E-state index is 0.0358. The van der Waals surface area contributed by atoms with Crippen LogP contribution in [-0.2, 0) is 9.47 Å². The van der Waals surface area contributed by atoms with Gasteiger partial charge in [0.2, 0.25) is 0 Å². The molecule has 19 heavy (non-hydrogen) atoms. The highest BCUT2D eigenvalue weighted by Gasteiger charge is 2.44. The van der Waals surface area contributed by atoms with E-state index in [0.717, 1.165) is 0 Å². The first-order valence-corrected chi connectivity index (χ1v) is 5.47. The molecule has 4 atom stereocenters. The van der Waals surface area contributed by atoms with Gasteiger partial charge in [-0.05, 0) is 0 Å². The fourth-order valence-electron chi connectivity index (χ4n) is 1.85. The van der Waals surface area contributed by atoms with Gasteiger partial charge in [0, 0.05) is 6.20 Å². The van der Waals surface area contributed by atoms with E-state index in [2.05, 4.69) is 4.98 Å². The van der Waals surface area contributed by atoms with Gasteiger partial charge in [-0.25, -0.2) is 4.98 Å². The number of hydrogen-bond donors (Lipinski definition) is 3. The number of carbonyl (C=O) groups is 1. The average molecular weight is 267 g/mol. The highest BCUT2D eigenvalue weighted by Crippen LogP contribution is 2.29. The Morgan fingerprint density at radius 3 is 2.95 bits per heavy atom. The summed E-state index contributed by atoms with van der Waals surface area (Å²) in [5.41, 5.74) is 5.11. The monoisotopic (exact) mass is 267 g/mol. The van der Waals surface area contributed by atoms with Crippen LogP contribution in [0.2, 0.25) is 0 Å². The summed E-state index contributed by atoms with van der Waals surface area (Å²) < 4.78 is 11.5. The van der Waals surface area contributed by atoms with Crippen LogP contribution in [0.1, 0.15) is 16.7 Å². The van der Waals surface area contributed by atoms with Gasteiger partial charge in [-0.3, -0.25) is 4.79 Å². The average Bonchev–Trinajstić information content (AvgIpc) is 2.95. The Hall–Kier alpha value is -2.08. The van der Waals surface area contributed by atoms with Crippen LogP contribution in [0.3, 0.4) is 0 Å². The van der Waals surface area contributed by atoms with Crippen LogP contribution in [0.15, 0.2) is 12.5 Å². The third-order valence-corrected chi connectivity index (χ3v) is 2.82. The van der Waals surface area contributed by atoms with Crippen molar-refractivity contribution < 1.29 is 24.5 Å². The topological polar surface area (TPSA) is 120 Å². The summed E-state index contributed by atoms with van der Waals surface area (Å²) in [6, 6.07) is 0. The second-order valence-corrected chi connectivity index (χ2v) is 4.05. The second kappa shape index (κ2) is 5.27. The maximum Gasteiger partial charge on any atom is 0.268 e. The molecule has 1 fully saturated rings. The molecule has 0 spiro atoms. The quantitative estimate of drug-likeness (QED) is 0.554. The molecule has 2 heterocycles. The number of terminal acetylenes is 1. The lowest BCUT2D eigenvalue weighted by Gasteiger charge is -2.15. The van der Waals surface area contributed by atoms with Crippen molar-refractivity contribution in [2.24, 2.45) is 5.73 Å². The van der Waals surface area contributed by atoms with Crippen LogP contribution in [0.4, 0.5) is 0 Å². The van der Waals surface area contributed by atoms with Crippen molar-refractivity contribution in [3.05, 3.63) is 18.2 Å². The molecule has 0 aliphatic carbocycles. The fraction of sp³-hybridized carbons (Fsp3) is 0.455. The minimum Gasteiger partial charge on any atom is -0.444 e. The zero-order chi connectivity index (χ0) is 14.0. The number of carbonyl (C=O) groups excluding carboxylic acids is 1. The van der Waals surface area contributed by atoms with Gasteiger partial charge in [0.25, 0.3) is 5.91 Å². The number of aliphatic hydroxyl groups is 2. The molecule has 4 N–H and O–H groups in total. The molecule has 1 saturated heterocycles. The summed E-state index contributed by atoms with van der Waals surface area (Å²) in [4.78, 5) is 14.7. The minimum atomic E-state index is -1.19. The highest BCUT2D eigenvalue weighted by atomic mass is 16.6. The van der Waals surface area contributed by atoms with E-state index in [-0.39, 0.29) is 12.3 Å². The Bertz CT molecular complexity index is 509. The molecule has 0 radical (unpaired) electrons. The lowest BCUT2D eigenvalue weighted by Crippen LogP contribution is -2.33. The molecule has 1 unspecified atom stereocenters. The van der Waals surface area contributed by atoms with E-state index in [0.29, 0.717) is 0 Å². The Morgan fingerprint density at radius 1 is 1.63 bits per heavy atom. The smallest absolute Gasteiger partial charge is 0.268 e. The Morgan fingerprint density at radius 2 is 2.37 bits per heavy atom. The molecule has 2 rings (SSSR count). The van der Waals surface area contributed by atoms with Crippen molar-refractivity contribution >= 4 is 5.91 Å². The zero-order valence-electron chi connectivity index (χ0n) is 9.84. The molecule has 0 bridgehead atoms. The zero-order valence-corrected chi connectivity index (χ0v) is 9.84. The van der Waals surface area contributed by atoms with E-state index < -0.39 is 30.4 Å². The third-order valence-electron chi connectivity index (χ3n) is 2.82. The number of ether oxygens (including phenoxy) is 2. The van der Waals surface area contributed by atoms with Gasteiger partial charge in [-0.1, -0.05) is 6.42 Å². The highest BCUT2D eigenvalue weighted by molar-refractivity contribution is 5.90. The third kappa shape index (κ3) is 2.53. The van der Waals surface area contributed by atoms with Crippen molar-refractivity contribution in [2.75, 3.05) is 6.61 Å². The number of aromatic nitrogens is 2. The number of aliphatic hydroxyl groups excluding tert-OH is 2. The van der Waals surface area contributed by atoms with Crippen LogP contribution >= 0.6 is 0 Å². The lowest BCUT2D eigenvalue weighted by atomic mass is 10.1. The van der Waals surface area contributed by atoms with Crippen LogP contribution in [0.5, 0.6) is 0 Å². The van der Waals surface area contributed by atoms with Crippen molar-refractivity contribution in [1.29, 1.82) is 0 Å². The van der Waals surface area contributed by atoms with E-state index in [1.807, 2.05) is 6.11 Å². The van der Waals surface area contributed by atoms with Gasteiger partial charge in [0.1, 0.15) is 36.7 Å². The molecule has 0 saturated carbocycles. The van der Waals surface area contributed by atoms with Gasteiger partial charge in [0.05, 0.1) is 6.33 Å². The second-order valence-electron chi connectivity index (χ2n) is 4.05. The molecular weight excluding hydrogens is 254 g/mol. The van der Waals surface area contributed by atoms with Crippen LogP contribution in [-0.4, -0.2) is 50.6 Å². The molecule has 102 valence electrons. The number of amides is 1. The molecule has 0 aromatic carbocycles. The summed E-state index contributed by atoms with van der Waals surface area (Å²) >= 11 is 0. The van der Waals surface area contributed by atoms with Gasteiger partial charge in [-0.15, -0.1) is 0 Å². The maximum atomic E-state index is 10.9. The Kier molecular flexibility index (Phi) is 3.71. The molecule has 1 aromatic heterocycles. The fourth-order valence-corrected chi connectivity index (χ4v) is 1.85. The van der Waals surface area contributed by atoms with Gasteiger partial charge in [-0.2, -0.15) is 0 Å². The number of nitrogens with zero attached hydrogens (tertiary/aromatic N) is 2. The van der Waals surface area contributed by atoms with E-state index in [1.165, 1.54) is 17.1 Å². The number of imidazole rings is 1. The van der Waals surface area contributed by atoms with E-state index in [1.54, 1.807) is 0 Å². The first-order chi connectivity index (χ1) is 9.04. The summed E-state index contributed by atoms with van der Waals surface area (Å²) in [7, 11) is 0. The first-order valence-electron chi connectivity index (χ1n) is 5.47. The largest absolute Gasteiger partial charge is 0.444 e. The number of primary amides is 1. The predicted molar refractivity (Wildman–Crippen MR) is 61.5 cm³/mol. The molecule has 1 aliphatic rings. The maximum absolute atomic E-state index is 10.9. The summed E-state index contributed by atoms with van der Waals surface area (Å²) in [5, 5.41) is 19.7. The normalized spacial score (nSPS) is 29.9. The summed E-state index contributed by atoms with van der Waals surface area (Å²) in [6.45, 7) is -0.0530. The SMILES string of the molecule is C#COC[C@H]1OC(n2cnc(C(N)=O)c2)[C@H](O)[C@@H]1O. The number of hydrogen-bond acceptors (Lipinski definition) is 6. The molecule has 1 aliphatic heterocycles. The van der Waals surface area contributed by atoms with Crippen molar-refractivity contribution in [3.8, 4) is 12.5 Å². The van der Waals surface area contributed by atoms with Gasteiger partial charge >= 0.3 is 0 Å². The van der Waals surface area contributed by atoms with Crippen LogP contribution in [0.25, 0.3) is 0 Å². The van der Waals surface area contributed by atoms with Crippen LogP contribution in [0, 0.1) is 12.5 Å². The summed E-state index contributed by atoms with van der Waals surface area (Å²) in [6.07, 6.45) is 5.49. The number of rotatable bonds is 4. The van der Waals surface area contributed by atoms with Crippen molar-refractivity contribution in [2.45, 2.75) is 24.5 Å². The van der Waals surface area contributed by atoms with E-state index >= 15 is 0 Å². The molecule has 1 amide bonds. The number of nitrogens with two attached hydrogens (primary N) is 1. The molecule has 8 nitrogen and oxygen atoms in total. The first kappa shape index (κ1) is 13.4. The van der Waals surface area contributed by atoms with E-state index in [9.17, 15) is 15.0 Å². The lowest BCUT2D eigenvalue weighted by molar-refractivity contribution is -0.0526. The standard InChI is InChI=1S/C11H13N3O5/c1-2-18-4-7-8(15)9(16)11(19-7)14-3-6(10(12)17)13-5-14/h1,3,5,7-9,11,15-16H,4H2,(H2,12,17)/t7-,8-,9-,11?/m1/s1. The molecule has 1 aromatic rings. The molecular formula is C11H13N3O5. The Balaban J connectivity index is 2.12. The van der Waals surface area contributed by atoms with Crippen molar-refractivity contribution in [3.63, 3.8) is 0 Å². The van der Waals surface area contributed by atoms with Gasteiger partial charge < -0.3 is 30.0 Å². The van der Waals surface area contributed by atoms with Gasteiger partial charge in [0.15, 0.2) is 6.23 Å². The van der Waals surface area contributed by atoms with Crippen LogP contribution < -0.4 is 5.73 Å². The van der Waals surface area contributed by atoms with Crippen molar-refractivity contribution in [1.82, 2.24) is 9.55 Å². The predicted octanol–water partition coefficient (Wildman–Crippen LogP) is -1.79. The molecule has 8 heteroatoms. The summed E-state index contributed by atoms with van der Waals surface area (Å²) in [5.74, 6) is -0.695. The van der Waals surface area contributed by atoms with E-state index in [4.69, 9.17) is 21.6 Å². The Labute approximate surface area is 108 Å².